The maximum Gasteiger partial charge on any atom is 0.308 e. The van der Waals surface area contributed by atoms with E-state index >= 15 is 0 Å². The third-order valence-corrected chi connectivity index (χ3v) is 2.43. The van der Waals surface area contributed by atoms with Gasteiger partial charge in [-0.1, -0.05) is 29.8 Å². The first-order chi connectivity index (χ1) is 6.65. The molecule has 1 rings (SSSR count). The van der Waals surface area contributed by atoms with Crippen LogP contribution < -0.4 is 5.73 Å². The van der Waals surface area contributed by atoms with Gasteiger partial charge in [-0.05, 0) is 18.1 Å². The molecule has 0 aliphatic rings. The molecular formula is C10H13Cl2NO2. The van der Waals surface area contributed by atoms with Crippen LogP contribution in [0.5, 0.6) is 0 Å². The fraction of sp³-hybridized carbons (Fsp3) is 0.300. The van der Waals surface area contributed by atoms with Gasteiger partial charge < -0.3 is 10.8 Å². The Morgan fingerprint density at radius 2 is 2.07 bits per heavy atom. The molecule has 0 aliphatic carbocycles. The van der Waals surface area contributed by atoms with Crippen molar-refractivity contribution in [2.75, 3.05) is 6.54 Å². The summed E-state index contributed by atoms with van der Waals surface area (Å²) in [5.41, 5.74) is 6.17. The van der Waals surface area contributed by atoms with E-state index < -0.39 is 11.9 Å². The Kier molecular flexibility index (Phi) is 6.32. The molecule has 0 amide bonds. The Morgan fingerprint density at radius 3 is 2.53 bits per heavy atom. The molecule has 3 N–H and O–H groups in total. The van der Waals surface area contributed by atoms with Crippen LogP contribution in [-0.2, 0) is 11.2 Å². The summed E-state index contributed by atoms with van der Waals surface area (Å²) in [6.07, 6.45) is 0.380. The van der Waals surface area contributed by atoms with Crippen molar-refractivity contribution in [2.45, 2.75) is 6.42 Å². The Bertz CT molecular complexity index is 331. The molecule has 1 atom stereocenters. The number of aliphatic carboxylic acids is 1. The predicted octanol–water partition coefficient (Wildman–Crippen LogP) is 1.96. The normalized spacial score (nSPS) is 11.6. The van der Waals surface area contributed by atoms with Gasteiger partial charge in [0.05, 0.1) is 5.92 Å². The Hall–Kier alpha value is -0.770. The SMILES string of the molecule is Cl.NCC(Cc1ccccc1Cl)C(=O)O. The highest BCUT2D eigenvalue weighted by molar-refractivity contribution is 6.31. The van der Waals surface area contributed by atoms with Crippen LogP contribution in [0.15, 0.2) is 24.3 Å². The van der Waals surface area contributed by atoms with E-state index in [0.717, 1.165) is 5.56 Å². The van der Waals surface area contributed by atoms with E-state index in [1.165, 1.54) is 0 Å². The van der Waals surface area contributed by atoms with E-state index in [4.69, 9.17) is 22.4 Å². The van der Waals surface area contributed by atoms with Gasteiger partial charge in [-0.15, -0.1) is 12.4 Å². The average molecular weight is 250 g/mol. The largest absolute Gasteiger partial charge is 0.481 e. The number of rotatable bonds is 4. The molecular weight excluding hydrogens is 237 g/mol. The van der Waals surface area contributed by atoms with E-state index in [-0.39, 0.29) is 19.0 Å². The third-order valence-electron chi connectivity index (χ3n) is 2.06. The van der Waals surface area contributed by atoms with Gasteiger partial charge in [0.2, 0.25) is 0 Å². The number of carboxylic acid groups (broad SMARTS) is 1. The van der Waals surface area contributed by atoms with E-state index in [0.29, 0.717) is 11.4 Å². The summed E-state index contributed by atoms with van der Waals surface area (Å²) < 4.78 is 0. The van der Waals surface area contributed by atoms with Crippen LogP contribution >= 0.6 is 24.0 Å². The topological polar surface area (TPSA) is 63.3 Å². The highest BCUT2D eigenvalue weighted by Crippen LogP contribution is 2.18. The second-order valence-corrected chi connectivity index (χ2v) is 3.47. The van der Waals surface area contributed by atoms with Gasteiger partial charge in [0.1, 0.15) is 0 Å². The molecule has 5 heteroatoms. The molecule has 0 aromatic heterocycles. The number of hydrogen-bond acceptors (Lipinski definition) is 2. The van der Waals surface area contributed by atoms with Gasteiger partial charge in [-0.25, -0.2) is 0 Å². The second kappa shape index (κ2) is 6.67. The van der Waals surface area contributed by atoms with Gasteiger partial charge in [0, 0.05) is 11.6 Å². The fourth-order valence-corrected chi connectivity index (χ4v) is 1.41. The van der Waals surface area contributed by atoms with Crippen molar-refractivity contribution in [1.82, 2.24) is 0 Å². The summed E-state index contributed by atoms with van der Waals surface area (Å²) in [6, 6.07) is 7.20. The lowest BCUT2D eigenvalue weighted by Gasteiger charge is -2.10. The van der Waals surface area contributed by atoms with Crippen LogP contribution in [0.2, 0.25) is 5.02 Å². The third kappa shape index (κ3) is 4.08. The molecule has 0 spiro atoms. The van der Waals surface area contributed by atoms with Crippen molar-refractivity contribution in [3.63, 3.8) is 0 Å². The zero-order valence-corrected chi connectivity index (χ0v) is 9.59. The van der Waals surface area contributed by atoms with Crippen molar-refractivity contribution in [3.05, 3.63) is 34.9 Å². The quantitative estimate of drug-likeness (QED) is 0.858. The summed E-state index contributed by atoms with van der Waals surface area (Å²) in [5.74, 6) is -1.44. The highest BCUT2D eigenvalue weighted by atomic mass is 35.5. The van der Waals surface area contributed by atoms with Crippen molar-refractivity contribution < 1.29 is 9.90 Å². The molecule has 0 bridgehead atoms. The maximum atomic E-state index is 10.7. The molecule has 0 aliphatic heterocycles. The van der Waals surface area contributed by atoms with Crippen molar-refractivity contribution in [1.29, 1.82) is 0 Å². The predicted molar refractivity (Wildman–Crippen MR) is 62.6 cm³/mol. The number of nitrogens with two attached hydrogens (primary N) is 1. The smallest absolute Gasteiger partial charge is 0.308 e. The van der Waals surface area contributed by atoms with Crippen molar-refractivity contribution >= 4 is 30.0 Å². The number of carbonyl (C=O) groups is 1. The average Bonchev–Trinajstić information content (AvgIpc) is 2.16. The van der Waals surface area contributed by atoms with Crippen LogP contribution in [0.4, 0.5) is 0 Å². The summed E-state index contributed by atoms with van der Waals surface area (Å²) in [4.78, 5) is 10.7. The van der Waals surface area contributed by atoms with Crippen LogP contribution in [0.1, 0.15) is 5.56 Å². The van der Waals surface area contributed by atoms with Crippen molar-refractivity contribution in [3.8, 4) is 0 Å². The monoisotopic (exact) mass is 249 g/mol. The summed E-state index contributed by atoms with van der Waals surface area (Å²) in [6.45, 7) is 0.126. The lowest BCUT2D eigenvalue weighted by atomic mass is 10.00. The van der Waals surface area contributed by atoms with E-state index in [9.17, 15) is 4.79 Å². The molecule has 1 aromatic rings. The van der Waals surface area contributed by atoms with E-state index in [2.05, 4.69) is 0 Å². The minimum Gasteiger partial charge on any atom is -0.481 e. The summed E-state index contributed by atoms with van der Waals surface area (Å²) >= 11 is 5.90. The minimum atomic E-state index is -0.882. The molecule has 0 saturated heterocycles. The molecule has 1 aromatic carbocycles. The number of halogens is 2. The molecule has 0 radical (unpaired) electrons. The highest BCUT2D eigenvalue weighted by Gasteiger charge is 2.16. The zero-order valence-electron chi connectivity index (χ0n) is 8.02. The maximum absolute atomic E-state index is 10.7. The standard InChI is InChI=1S/C10H12ClNO2.ClH/c11-9-4-2-1-3-7(9)5-8(6-12)10(13)14;/h1-4,8H,5-6,12H2,(H,13,14);1H. The molecule has 0 fully saturated rings. The molecule has 0 saturated carbocycles. The lowest BCUT2D eigenvalue weighted by molar-refractivity contribution is -0.141. The second-order valence-electron chi connectivity index (χ2n) is 3.07. The van der Waals surface area contributed by atoms with Crippen LogP contribution in [0, 0.1) is 5.92 Å². The van der Waals surface area contributed by atoms with Crippen LogP contribution in [0.3, 0.4) is 0 Å². The molecule has 15 heavy (non-hydrogen) atoms. The molecule has 1 unspecified atom stereocenters. The summed E-state index contributed by atoms with van der Waals surface area (Å²) in [7, 11) is 0. The van der Waals surface area contributed by atoms with Gasteiger partial charge in [0.25, 0.3) is 0 Å². The number of carboxylic acids is 1. The van der Waals surface area contributed by atoms with Gasteiger partial charge >= 0.3 is 5.97 Å². The Morgan fingerprint density at radius 1 is 1.47 bits per heavy atom. The van der Waals surface area contributed by atoms with Gasteiger partial charge in [0.15, 0.2) is 0 Å². The molecule has 0 heterocycles. The van der Waals surface area contributed by atoms with Crippen molar-refractivity contribution in [2.24, 2.45) is 11.7 Å². The minimum absolute atomic E-state index is 0. The Balaban J connectivity index is 0.00000196. The van der Waals surface area contributed by atoms with Crippen LogP contribution in [0.25, 0.3) is 0 Å². The lowest BCUT2D eigenvalue weighted by Crippen LogP contribution is -2.25. The first-order valence-electron chi connectivity index (χ1n) is 4.31. The first kappa shape index (κ1) is 14.2. The molecule has 3 nitrogen and oxygen atoms in total. The molecule has 84 valence electrons. The fourth-order valence-electron chi connectivity index (χ4n) is 1.20. The van der Waals surface area contributed by atoms with E-state index in [1.54, 1.807) is 6.07 Å². The number of benzene rings is 1. The van der Waals surface area contributed by atoms with Gasteiger partial charge in [-0.3, -0.25) is 4.79 Å². The Labute approximate surface area is 99.6 Å². The first-order valence-corrected chi connectivity index (χ1v) is 4.69. The van der Waals surface area contributed by atoms with Crippen LogP contribution in [-0.4, -0.2) is 17.6 Å². The summed E-state index contributed by atoms with van der Waals surface area (Å²) in [5, 5.41) is 9.39. The zero-order chi connectivity index (χ0) is 10.6. The number of hydrogen-bond donors (Lipinski definition) is 2. The van der Waals surface area contributed by atoms with E-state index in [1.807, 2.05) is 18.2 Å². The van der Waals surface area contributed by atoms with Gasteiger partial charge in [-0.2, -0.15) is 0 Å².